The van der Waals surface area contributed by atoms with Gasteiger partial charge in [-0.2, -0.15) is 0 Å². The summed E-state index contributed by atoms with van der Waals surface area (Å²) in [4.78, 5) is 23.2. The number of alkyl halides is 1. The van der Waals surface area contributed by atoms with Gasteiger partial charge in [-0.15, -0.1) is 0 Å². The Morgan fingerprint density at radius 2 is 2.19 bits per heavy atom. The molecule has 8 heteroatoms. The molecule has 1 aliphatic carbocycles. The Labute approximate surface area is 156 Å². The zero-order chi connectivity index (χ0) is 19.6. The summed E-state index contributed by atoms with van der Waals surface area (Å²) in [7, 11) is 0. The number of aryl methyl sites for hydroxylation is 1. The summed E-state index contributed by atoms with van der Waals surface area (Å²) in [5.74, 6) is -0.835. The van der Waals surface area contributed by atoms with Gasteiger partial charge in [0.15, 0.2) is 5.82 Å². The monoisotopic (exact) mass is 375 g/mol. The van der Waals surface area contributed by atoms with Gasteiger partial charge in [-0.05, 0) is 44.6 Å². The fraction of sp³-hybridized carbons (Fsp3) is 0.421. The van der Waals surface area contributed by atoms with E-state index in [1.165, 1.54) is 0 Å². The second-order valence-corrected chi connectivity index (χ2v) is 6.86. The molecule has 0 radical (unpaired) electrons. The van der Waals surface area contributed by atoms with Crippen molar-refractivity contribution in [3.63, 3.8) is 0 Å². The number of nitrogens with zero attached hydrogens (tertiary/aromatic N) is 2. The minimum atomic E-state index is -0.812. The second-order valence-electron chi connectivity index (χ2n) is 6.86. The number of amides is 1. The molecule has 4 N–H and O–H groups in total. The first kappa shape index (κ1) is 19.0. The van der Waals surface area contributed by atoms with E-state index in [1.54, 1.807) is 13.8 Å². The molecule has 2 atom stereocenters. The van der Waals surface area contributed by atoms with Gasteiger partial charge in [0.1, 0.15) is 17.6 Å². The van der Waals surface area contributed by atoms with Crippen LogP contribution < -0.4 is 11.1 Å². The molecule has 2 unspecified atom stereocenters. The molecule has 1 aliphatic rings. The van der Waals surface area contributed by atoms with Crippen LogP contribution in [-0.4, -0.2) is 33.6 Å². The molecule has 6 nitrogen and oxygen atoms in total. The average Bonchev–Trinajstić information content (AvgIpc) is 2.79. The van der Waals surface area contributed by atoms with Crippen molar-refractivity contribution in [2.45, 2.75) is 39.3 Å². The van der Waals surface area contributed by atoms with E-state index in [0.717, 1.165) is 6.20 Å². The highest BCUT2D eigenvalue weighted by atomic mass is 19.1. The summed E-state index contributed by atoms with van der Waals surface area (Å²) in [5, 5.41) is 2.88. The van der Waals surface area contributed by atoms with Crippen molar-refractivity contribution in [1.29, 1.82) is 0 Å². The Morgan fingerprint density at radius 3 is 2.96 bits per heavy atom. The topological polar surface area (TPSA) is 96.7 Å². The Bertz CT molecular complexity index is 877. The maximum Gasteiger partial charge on any atom is 0.268 e. The Hall–Kier alpha value is -2.77. The van der Waals surface area contributed by atoms with Crippen molar-refractivity contribution >= 4 is 11.9 Å². The number of anilines is 1. The van der Waals surface area contributed by atoms with Crippen LogP contribution in [0.15, 0.2) is 18.3 Å². The lowest BCUT2D eigenvalue weighted by Gasteiger charge is -2.12. The molecule has 0 saturated carbocycles. The lowest BCUT2D eigenvalue weighted by molar-refractivity contribution is 0.0944. The van der Waals surface area contributed by atoms with Gasteiger partial charge in [0.2, 0.25) is 5.95 Å². The number of carbonyl (C=O) groups is 1. The number of H-pyrrole nitrogens is 1. The van der Waals surface area contributed by atoms with Gasteiger partial charge in [-0.25, -0.2) is 18.7 Å². The fourth-order valence-electron chi connectivity index (χ4n) is 3.40. The van der Waals surface area contributed by atoms with Crippen LogP contribution in [0.25, 0.3) is 11.3 Å². The lowest BCUT2D eigenvalue weighted by Crippen LogP contribution is -2.29. The SMILES string of the molecule is Cc1[nH]c(C(=O)NCC2C=CCC(F)CC2)c(C)c1-c1nc(N)ncc1F. The molecule has 144 valence electrons. The Balaban J connectivity index is 1.77. The van der Waals surface area contributed by atoms with Gasteiger partial charge < -0.3 is 16.0 Å². The summed E-state index contributed by atoms with van der Waals surface area (Å²) >= 11 is 0. The van der Waals surface area contributed by atoms with Crippen molar-refractivity contribution in [3.05, 3.63) is 41.1 Å². The van der Waals surface area contributed by atoms with Crippen LogP contribution in [0.1, 0.15) is 41.0 Å². The first-order valence-electron chi connectivity index (χ1n) is 8.93. The molecule has 0 saturated heterocycles. The van der Waals surface area contributed by atoms with E-state index in [9.17, 15) is 13.6 Å². The smallest absolute Gasteiger partial charge is 0.268 e. The van der Waals surface area contributed by atoms with Crippen molar-refractivity contribution < 1.29 is 13.6 Å². The molecule has 0 fully saturated rings. The zero-order valence-electron chi connectivity index (χ0n) is 15.4. The number of rotatable bonds is 4. The molecule has 0 bridgehead atoms. The van der Waals surface area contributed by atoms with E-state index in [0.29, 0.717) is 48.3 Å². The Morgan fingerprint density at radius 1 is 1.41 bits per heavy atom. The van der Waals surface area contributed by atoms with Gasteiger partial charge in [-0.1, -0.05) is 12.2 Å². The van der Waals surface area contributed by atoms with Crippen molar-refractivity contribution in [3.8, 4) is 11.3 Å². The normalized spacial score (nSPS) is 19.7. The minimum Gasteiger partial charge on any atom is -0.368 e. The molecule has 0 aromatic carbocycles. The number of nitrogens with one attached hydrogen (secondary N) is 2. The maximum atomic E-state index is 14.2. The first-order chi connectivity index (χ1) is 12.9. The number of nitrogens with two attached hydrogens (primary N) is 1. The highest BCUT2D eigenvalue weighted by molar-refractivity contribution is 5.96. The fourth-order valence-corrected chi connectivity index (χ4v) is 3.40. The van der Waals surface area contributed by atoms with E-state index in [1.807, 2.05) is 12.2 Å². The number of aromatic amines is 1. The van der Waals surface area contributed by atoms with Gasteiger partial charge in [0, 0.05) is 17.8 Å². The summed E-state index contributed by atoms with van der Waals surface area (Å²) in [5.41, 5.74) is 7.69. The summed E-state index contributed by atoms with van der Waals surface area (Å²) < 4.78 is 27.6. The van der Waals surface area contributed by atoms with E-state index in [4.69, 9.17) is 5.73 Å². The van der Waals surface area contributed by atoms with E-state index < -0.39 is 12.0 Å². The van der Waals surface area contributed by atoms with Crippen LogP contribution in [-0.2, 0) is 0 Å². The molecular formula is C19H23F2N5O. The molecule has 0 aliphatic heterocycles. The molecule has 2 aromatic rings. The van der Waals surface area contributed by atoms with Gasteiger partial charge in [0.05, 0.1) is 6.20 Å². The van der Waals surface area contributed by atoms with Crippen LogP contribution in [0.5, 0.6) is 0 Å². The third kappa shape index (κ3) is 4.15. The Kier molecular flexibility index (Phi) is 5.53. The third-order valence-corrected chi connectivity index (χ3v) is 4.84. The number of halogens is 2. The van der Waals surface area contributed by atoms with Gasteiger partial charge in [0.25, 0.3) is 5.91 Å². The number of nitrogen functional groups attached to an aromatic ring is 1. The largest absolute Gasteiger partial charge is 0.368 e. The van der Waals surface area contributed by atoms with Crippen LogP contribution in [0.3, 0.4) is 0 Å². The number of carbonyl (C=O) groups excluding carboxylic acids is 1. The van der Waals surface area contributed by atoms with Crippen molar-refractivity contribution in [1.82, 2.24) is 20.3 Å². The number of aromatic nitrogens is 3. The first-order valence-corrected chi connectivity index (χ1v) is 8.93. The number of hydrogen-bond acceptors (Lipinski definition) is 4. The van der Waals surface area contributed by atoms with Crippen LogP contribution in [0.2, 0.25) is 0 Å². The maximum absolute atomic E-state index is 14.2. The molecular weight excluding hydrogens is 352 g/mol. The molecule has 2 aromatic heterocycles. The van der Waals surface area contributed by atoms with Crippen molar-refractivity contribution in [2.24, 2.45) is 5.92 Å². The molecule has 27 heavy (non-hydrogen) atoms. The zero-order valence-corrected chi connectivity index (χ0v) is 15.4. The third-order valence-electron chi connectivity index (χ3n) is 4.84. The van der Waals surface area contributed by atoms with Crippen molar-refractivity contribution in [2.75, 3.05) is 12.3 Å². The highest BCUT2D eigenvalue weighted by Crippen LogP contribution is 2.30. The molecule has 2 heterocycles. The van der Waals surface area contributed by atoms with Gasteiger partial charge >= 0.3 is 0 Å². The van der Waals surface area contributed by atoms with Gasteiger partial charge in [-0.3, -0.25) is 4.79 Å². The lowest BCUT2D eigenvalue weighted by atomic mass is 10.0. The van der Waals surface area contributed by atoms with E-state index in [-0.39, 0.29) is 23.5 Å². The predicted octanol–water partition coefficient (Wildman–Crippen LogP) is 3.23. The molecule has 0 spiro atoms. The summed E-state index contributed by atoms with van der Waals surface area (Å²) in [6, 6.07) is 0. The minimum absolute atomic E-state index is 0.0382. The highest BCUT2D eigenvalue weighted by Gasteiger charge is 2.22. The summed E-state index contributed by atoms with van der Waals surface area (Å²) in [6.07, 6.45) is 5.60. The van der Waals surface area contributed by atoms with Crippen LogP contribution in [0, 0.1) is 25.6 Å². The number of hydrogen-bond donors (Lipinski definition) is 3. The van der Waals surface area contributed by atoms with E-state index >= 15 is 0 Å². The van der Waals surface area contributed by atoms with E-state index in [2.05, 4.69) is 20.3 Å². The molecule has 1 amide bonds. The summed E-state index contributed by atoms with van der Waals surface area (Å²) in [6.45, 7) is 3.89. The predicted molar refractivity (Wildman–Crippen MR) is 99.4 cm³/mol. The van der Waals surface area contributed by atoms with Crippen LogP contribution >= 0.6 is 0 Å². The average molecular weight is 375 g/mol. The second kappa shape index (κ2) is 7.85. The standard InChI is InChI=1S/C19H23F2N5O/c1-10-15(17-14(21)9-24-19(22)26-17)11(2)25-16(10)18(27)23-8-12-4-3-5-13(20)7-6-12/h3-4,9,12-13,25H,5-8H2,1-2H3,(H,23,27)(H2,22,24,26). The molecule has 3 rings (SSSR count). The van der Waals surface area contributed by atoms with Crippen LogP contribution in [0.4, 0.5) is 14.7 Å². The quantitative estimate of drug-likeness (QED) is 0.715. The number of allylic oxidation sites excluding steroid dienone is 1.